The maximum Gasteiger partial charge on any atom is 0.119 e. The number of hydrogen-bond acceptors (Lipinski definition) is 2. The third-order valence-electron chi connectivity index (χ3n) is 1.97. The number of hydrogen-bond donors (Lipinski definition) is 1. The van der Waals surface area contributed by atoms with E-state index < -0.39 is 0 Å². The highest BCUT2D eigenvalue weighted by atomic mass is 32.2. The summed E-state index contributed by atoms with van der Waals surface area (Å²) in [5, 5.41) is 9.89. The predicted molar refractivity (Wildman–Crippen MR) is 54.8 cm³/mol. The van der Waals surface area contributed by atoms with Crippen molar-refractivity contribution >= 4 is 11.8 Å². The molecule has 0 radical (unpaired) electrons. The van der Waals surface area contributed by atoms with Gasteiger partial charge in [0, 0.05) is 10.8 Å². The summed E-state index contributed by atoms with van der Waals surface area (Å²) in [6, 6.07) is 5.72. The van der Waals surface area contributed by atoms with Crippen molar-refractivity contribution in [3.63, 3.8) is 0 Å². The highest BCUT2D eigenvalue weighted by molar-refractivity contribution is 7.98. The van der Waals surface area contributed by atoms with Gasteiger partial charge in [0.15, 0.2) is 0 Å². The molecule has 2 heteroatoms. The molecule has 0 aliphatic carbocycles. The van der Waals surface area contributed by atoms with E-state index in [1.165, 1.54) is 5.56 Å². The minimum Gasteiger partial charge on any atom is -0.508 e. The van der Waals surface area contributed by atoms with Crippen LogP contribution in [0.2, 0.25) is 0 Å². The largest absolute Gasteiger partial charge is 0.508 e. The van der Waals surface area contributed by atoms with Gasteiger partial charge in [-0.05, 0) is 26.2 Å². The van der Waals surface area contributed by atoms with Crippen molar-refractivity contribution in [1.29, 1.82) is 0 Å². The van der Waals surface area contributed by atoms with Crippen LogP contribution in [-0.2, 0) is 0 Å². The molecular formula is C10H14OS. The van der Waals surface area contributed by atoms with E-state index in [0.717, 1.165) is 5.56 Å². The standard InChI is InChI=1S/C10H14OS/c1-7-4-5-10(11)9(6-7)8(2)12-3/h4-6,8,11H,1-3H3. The number of rotatable bonds is 2. The maximum atomic E-state index is 9.52. The summed E-state index contributed by atoms with van der Waals surface area (Å²) in [7, 11) is 0. The molecule has 12 heavy (non-hydrogen) atoms. The van der Waals surface area contributed by atoms with Gasteiger partial charge in [-0.3, -0.25) is 0 Å². The Bertz CT molecular complexity index is 271. The second-order valence-corrected chi connectivity index (χ2v) is 4.12. The quantitative estimate of drug-likeness (QED) is 0.758. The Labute approximate surface area is 77.8 Å². The van der Waals surface area contributed by atoms with Crippen molar-refractivity contribution in [3.8, 4) is 5.75 Å². The van der Waals surface area contributed by atoms with E-state index >= 15 is 0 Å². The lowest BCUT2D eigenvalue weighted by Crippen LogP contribution is -1.88. The van der Waals surface area contributed by atoms with Crippen LogP contribution in [-0.4, -0.2) is 11.4 Å². The van der Waals surface area contributed by atoms with Crippen LogP contribution in [0.15, 0.2) is 18.2 Å². The second kappa shape index (κ2) is 3.85. The molecule has 0 fully saturated rings. The van der Waals surface area contributed by atoms with Crippen LogP contribution >= 0.6 is 11.8 Å². The van der Waals surface area contributed by atoms with E-state index in [4.69, 9.17) is 0 Å². The normalized spacial score (nSPS) is 12.9. The summed E-state index contributed by atoms with van der Waals surface area (Å²) >= 11 is 1.74. The first-order chi connectivity index (χ1) is 5.65. The van der Waals surface area contributed by atoms with E-state index in [9.17, 15) is 5.11 Å². The summed E-state index contributed by atoms with van der Waals surface area (Å²) < 4.78 is 0. The third-order valence-corrected chi connectivity index (χ3v) is 2.94. The molecule has 1 atom stereocenters. The van der Waals surface area contributed by atoms with Crippen molar-refractivity contribution in [2.24, 2.45) is 0 Å². The second-order valence-electron chi connectivity index (χ2n) is 2.94. The molecule has 1 N–H and O–H groups in total. The average molecular weight is 182 g/mol. The van der Waals surface area contributed by atoms with Gasteiger partial charge in [-0.25, -0.2) is 0 Å². The molecule has 66 valence electrons. The molecule has 0 aliphatic rings. The lowest BCUT2D eigenvalue weighted by Gasteiger charge is -2.11. The van der Waals surface area contributed by atoms with Gasteiger partial charge in [0.05, 0.1) is 0 Å². The predicted octanol–water partition coefficient (Wildman–Crippen LogP) is 3.12. The Hall–Kier alpha value is -0.630. The van der Waals surface area contributed by atoms with Gasteiger partial charge in [0.25, 0.3) is 0 Å². The van der Waals surface area contributed by atoms with Gasteiger partial charge in [0.1, 0.15) is 5.75 Å². The van der Waals surface area contributed by atoms with E-state index in [1.807, 2.05) is 25.3 Å². The van der Waals surface area contributed by atoms with E-state index in [0.29, 0.717) is 11.0 Å². The van der Waals surface area contributed by atoms with Crippen molar-refractivity contribution < 1.29 is 5.11 Å². The van der Waals surface area contributed by atoms with Gasteiger partial charge in [-0.2, -0.15) is 11.8 Å². The molecule has 0 spiro atoms. The fourth-order valence-corrected chi connectivity index (χ4v) is 1.57. The number of phenolic OH excluding ortho intramolecular Hbond substituents is 1. The molecule has 0 saturated heterocycles. The molecular weight excluding hydrogens is 168 g/mol. The first-order valence-corrected chi connectivity index (χ1v) is 5.26. The number of phenols is 1. The van der Waals surface area contributed by atoms with E-state index in [2.05, 4.69) is 6.92 Å². The average Bonchev–Trinajstić information content (AvgIpc) is 2.08. The van der Waals surface area contributed by atoms with Crippen LogP contribution in [0.4, 0.5) is 0 Å². The molecule has 0 amide bonds. The third kappa shape index (κ3) is 1.95. The molecule has 1 aromatic rings. The molecule has 0 saturated carbocycles. The fraction of sp³-hybridized carbons (Fsp3) is 0.400. The van der Waals surface area contributed by atoms with Crippen LogP contribution < -0.4 is 0 Å². The minimum absolute atomic E-state index is 0.366. The van der Waals surface area contributed by atoms with Crippen LogP contribution in [0.3, 0.4) is 0 Å². The summed E-state index contributed by atoms with van der Waals surface area (Å²) in [6.45, 7) is 4.13. The van der Waals surface area contributed by atoms with E-state index in [-0.39, 0.29) is 0 Å². The molecule has 0 bridgehead atoms. The van der Waals surface area contributed by atoms with Gasteiger partial charge in [-0.15, -0.1) is 0 Å². The number of benzene rings is 1. The molecule has 0 aliphatic heterocycles. The highest BCUT2D eigenvalue weighted by Crippen LogP contribution is 2.32. The molecule has 1 rings (SSSR count). The molecule has 1 unspecified atom stereocenters. The summed E-state index contributed by atoms with van der Waals surface area (Å²) in [5.41, 5.74) is 2.23. The zero-order valence-corrected chi connectivity index (χ0v) is 8.48. The Morgan fingerprint density at radius 2 is 2.08 bits per heavy atom. The Balaban J connectivity index is 3.04. The maximum absolute atomic E-state index is 9.52. The first kappa shape index (κ1) is 9.46. The molecule has 1 aromatic carbocycles. The monoisotopic (exact) mass is 182 g/mol. The van der Waals surface area contributed by atoms with Crippen LogP contribution in [0, 0.1) is 6.92 Å². The Kier molecular flexibility index (Phi) is 3.04. The van der Waals surface area contributed by atoms with Gasteiger partial charge in [0.2, 0.25) is 0 Å². The van der Waals surface area contributed by atoms with Gasteiger partial charge < -0.3 is 5.11 Å². The van der Waals surface area contributed by atoms with Crippen LogP contribution in [0.1, 0.15) is 23.3 Å². The Morgan fingerprint density at radius 3 is 2.67 bits per heavy atom. The zero-order valence-electron chi connectivity index (χ0n) is 7.66. The summed E-state index contributed by atoms with van der Waals surface area (Å²) in [5.74, 6) is 0.405. The minimum atomic E-state index is 0.366. The van der Waals surface area contributed by atoms with Gasteiger partial charge >= 0.3 is 0 Å². The smallest absolute Gasteiger partial charge is 0.119 e. The van der Waals surface area contributed by atoms with Crippen LogP contribution in [0.5, 0.6) is 5.75 Å². The lowest BCUT2D eigenvalue weighted by molar-refractivity contribution is 0.468. The number of aryl methyl sites for hydroxylation is 1. The molecule has 1 nitrogen and oxygen atoms in total. The van der Waals surface area contributed by atoms with E-state index in [1.54, 1.807) is 17.8 Å². The van der Waals surface area contributed by atoms with Crippen molar-refractivity contribution in [2.45, 2.75) is 19.1 Å². The van der Waals surface area contributed by atoms with Crippen LogP contribution in [0.25, 0.3) is 0 Å². The lowest BCUT2D eigenvalue weighted by atomic mass is 10.1. The molecule has 0 aromatic heterocycles. The topological polar surface area (TPSA) is 20.2 Å². The fourth-order valence-electron chi connectivity index (χ4n) is 1.13. The summed E-state index contributed by atoms with van der Waals surface area (Å²) in [4.78, 5) is 0. The first-order valence-electron chi connectivity index (χ1n) is 3.97. The highest BCUT2D eigenvalue weighted by Gasteiger charge is 2.08. The van der Waals surface area contributed by atoms with Crippen molar-refractivity contribution in [2.75, 3.05) is 6.26 Å². The number of aromatic hydroxyl groups is 1. The SMILES string of the molecule is CSC(C)c1cc(C)ccc1O. The van der Waals surface area contributed by atoms with Gasteiger partial charge in [-0.1, -0.05) is 17.7 Å². The molecule has 0 heterocycles. The number of thioether (sulfide) groups is 1. The van der Waals surface area contributed by atoms with Crippen molar-refractivity contribution in [3.05, 3.63) is 29.3 Å². The zero-order chi connectivity index (χ0) is 9.14. The Morgan fingerprint density at radius 1 is 1.42 bits per heavy atom. The van der Waals surface area contributed by atoms with Crippen molar-refractivity contribution in [1.82, 2.24) is 0 Å². The summed E-state index contributed by atoms with van der Waals surface area (Å²) in [6.07, 6.45) is 2.05.